The minimum absolute atomic E-state index is 0.489. The van der Waals surface area contributed by atoms with E-state index in [4.69, 9.17) is 5.73 Å². The molecular formula is C10H20N2. The lowest BCUT2D eigenvalue weighted by molar-refractivity contribution is 0.0367. The molecule has 2 heterocycles. The Kier molecular flexibility index (Phi) is 2.37. The topological polar surface area (TPSA) is 29.3 Å². The van der Waals surface area contributed by atoms with E-state index in [0.717, 1.165) is 12.1 Å². The van der Waals surface area contributed by atoms with Crippen LogP contribution in [0.1, 0.15) is 39.0 Å². The molecule has 0 saturated carbocycles. The van der Waals surface area contributed by atoms with Gasteiger partial charge in [-0.3, -0.25) is 4.90 Å². The molecule has 2 saturated heterocycles. The van der Waals surface area contributed by atoms with Crippen LogP contribution in [0.3, 0.4) is 0 Å². The van der Waals surface area contributed by atoms with Gasteiger partial charge < -0.3 is 5.73 Å². The largest absolute Gasteiger partial charge is 0.328 e. The fraction of sp³-hybridized carbons (Fsp3) is 1.00. The average molecular weight is 168 g/mol. The number of nitrogens with zero attached hydrogens (tertiary/aromatic N) is 1. The predicted octanol–water partition coefficient (Wildman–Crippen LogP) is 1.35. The smallest absolute Gasteiger partial charge is 0.0113 e. The summed E-state index contributed by atoms with van der Waals surface area (Å²) >= 11 is 0. The average Bonchev–Trinajstić information content (AvgIpc) is 2.02. The van der Waals surface area contributed by atoms with E-state index in [0.29, 0.717) is 6.04 Å². The minimum Gasteiger partial charge on any atom is -0.328 e. The summed E-state index contributed by atoms with van der Waals surface area (Å²) in [7, 11) is 0. The maximum absolute atomic E-state index is 6.02. The van der Waals surface area contributed by atoms with Gasteiger partial charge >= 0.3 is 0 Å². The molecule has 2 bridgehead atoms. The van der Waals surface area contributed by atoms with Crippen molar-refractivity contribution in [1.29, 1.82) is 0 Å². The van der Waals surface area contributed by atoms with E-state index in [2.05, 4.69) is 11.8 Å². The summed E-state index contributed by atoms with van der Waals surface area (Å²) in [5.74, 6) is 0. The molecule has 0 aromatic heterocycles. The molecule has 2 fully saturated rings. The second kappa shape index (κ2) is 3.35. The van der Waals surface area contributed by atoms with Crippen LogP contribution in [-0.4, -0.2) is 29.6 Å². The van der Waals surface area contributed by atoms with Crippen molar-refractivity contribution in [1.82, 2.24) is 4.90 Å². The van der Waals surface area contributed by atoms with Crippen LogP contribution >= 0.6 is 0 Å². The lowest BCUT2D eigenvalue weighted by atomic mass is 9.82. The lowest BCUT2D eigenvalue weighted by Crippen LogP contribution is -2.54. The first kappa shape index (κ1) is 8.52. The van der Waals surface area contributed by atoms with E-state index in [-0.39, 0.29) is 0 Å². The lowest BCUT2D eigenvalue weighted by Gasteiger charge is -2.47. The van der Waals surface area contributed by atoms with Gasteiger partial charge in [0.1, 0.15) is 0 Å². The maximum Gasteiger partial charge on any atom is 0.0113 e. The molecule has 0 radical (unpaired) electrons. The molecule has 2 rings (SSSR count). The van der Waals surface area contributed by atoms with Crippen LogP contribution in [0.4, 0.5) is 0 Å². The van der Waals surface area contributed by atoms with Crippen LogP contribution in [0.25, 0.3) is 0 Å². The molecular weight excluding hydrogens is 148 g/mol. The van der Waals surface area contributed by atoms with E-state index in [1.54, 1.807) is 0 Å². The van der Waals surface area contributed by atoms with Gasteiger partial charge in [0.2, 0.25) is 0 Å². The van der Waals surface area contributed by atoms with Crippen molar-refractivity contribution in [2.75, 3.05) is 6.54 Å². The van der Waals surface area contributed by atoms with E-state index >= 15 is 0 Å². The molecule has 0 aromatic rings. The van der Waals surface area contributed by atoms with Crippen molar-refractivity contribution in [3.8, 4) is 0 Å². The van der Waals surface area contributed by atoms with Crippen LogP contribution in [-0.2, 0) is 0 Å². The van der Waals surface area contributed by atoms with Crippen LogP contribution in [0.2, 0.25) is 0 Å². The van der Waals surface area contributed by atoms with Gasteiger partial charge in [0.05, 0.1) is 0 Å². The SMILES string of the molecule is CCN1C2CCC[C@@H]1CC(N)C2. The van der Waals surface area contributed by atoms with Crippen LogP contribution in [0.5, 0.6) is 0 Å². The van der Waals surface area contributed by atoms with E-state index in [1.807, 2.05) is 0 Å². The van der Waals surface area contributed by atoms with Gasteiger partial charge in [-0.2, -0.15) is 0 Å². The van der Waals surface area contributed by atoms with Crippen molar-refractivity contribution in [3.05, 3.63) is 0 Å². The molecule has 0 spiro atoms. The molecule has 2 unspecified atom stereocenters. The Balaban J connectivity index is 2.06. The highest BCUT2D eigenvalue weighted by Crippen LogP contribution is 2.32. The predicted molar refractivity (Wildman–Crippen MR) is 51.0 cm³/mol. The Hall–Kier alpha value is -0.0800. The van der Waals surface area contributed by atoms with E-state index in [1.165, 1.54) is 38.6 Å². The molecule has 70 valence electrons. The first-order valence-electron chi connectivity index (χ1n) is 5.32. The zero-order valence-electron chi connectivity index (χ0n) is 8.00. The van der Waals surface area contributed by atoms with Gasteiger partial charge in [-0.1, -0.05) is 13.3 Å². The molecule has 0 amide bonds. The first-order valence-corrected chi connectivity index (χ1v) is 5.32. The summed E-state index contributed by atoms with van der Waals surface area (Å²) in [5.41, 5.74) is 6.02. The Bertz CT molecular complexity index is 144. The quantitative estimate of drug-likeness (QED) is 0.640. The van der Waals surface area contributed by atoms with Gasteiger partial charge in [-0.25, -0.2) is 0 Å². The monoisotopic (exact) mass is 168 g/mol. The van der Waals surface area contributed by atoms with Crippen molar-refractivity contribution < 1.29 is 0 Å². The number of rotatable bonds is 1. The minimum atomic E-state index is 0.489. The van der Waals surface area contributed by atoms with Gasteiger partial charge in [0.25, 0.3) is 0 Å². The molecule has 2 heteroatoms. The van der Waals surface area contributed by atoms with Crippen molar-refractivity contribution >= 4 is 0 Å². The van der Waals surface area contributed by atoms with Gasteiger partial charge in [0, 0.05) is 18.1 Å². The third kappa shape index (κ3) is 1.38. The Morgan fingerprint density at radius 1 is 1.25 bits per heavy atom. The van der Waals surface area contributed by atoms with E-state index < -0.39 is 0 Å². The molecule has 0 aliphatic carbocycles. The van der Waals surface area contributed by atoms with Crippen molar-refractivity contribution in [2.24, 2.45) is 5.73 Å². The maximum atomic E-state index is 6.02. The standard InChI is InChI=1S/C10H20N2/c1-2-12-9-4-3-5-10(12)7-8(11)6-9/h8-10H,2-7,11H2,1H3/t8?,9-,10?/m1/s1. The highest BCUT2D eigenvalue weighted by molar-refractivity contribution is 4.93. The molecule has 2 nitrogen and oxygen atoms in total. The van der Waals surface area contributed by atoms with Gasteiger partial charge in [0.15, 0.2) is 0 Å². The summed E-state index contributed by atoms with van der Waals surface area (Å²) in [4.78, 5) is 2.67. The number of hydrogen-bond acceptors (Lipinski definition) is 2. The molecule has 3 atom stereocenters. The van der Waals surface area contributed by atoms with E-state index in [9.17, 15) is 0 Å². The molecule has 2 aliphatic rings. The Morgan fingerprint density at radius 3 is 2.33 bits per heavy atom. The summed E-state index contributed by atoms with van der Waals surface area (Å²) < 4.78 is 0. The van der Waals surface area contributed by atoms with Crippen LogP contribution in [0.15, 0.2) is 0 Å². The van der Waals surface area contributed by atoms with Gasteiger partial charge in [-0.05, 0) is 32.2 Å². The fourth-order valence-electron chi connectivity index (χ4n) is 3.04. The third-order valence-corrected chi connectivity index (χ3v) is 3.53. The fourth-order valence-corrected chi connectivity index (χ4v) is 3.04. The molecule has 12 heavy (non-hydrogen) atoms. The highest BCUT2D eigenvalue weighted by Gasteiger charge is 2.35. The molecule has 2 aliphatic heterocycles. The zero-order valence-corrected chi connectivity index (χ0v) is 8.00. The van der Waals surface area contributed by atoms with Crippen LogP contribution < -0.4 is 5.73 Å². The molecule has 0 aromatic carbocycles. The Labute approximate surface area is 75.1 Å². The zero-order chi connectivity index (χ0) is 8.55. The number of piperidine rings is 2. The second-order valence-electron chi connectivity index (χ2n) is 4.30. The normalized spacial score (nSPS) is 43.0. The molecule has 2 N–H and O–H groups in total. The van der Waals surface area contributed by atoms with Crippen LogP contribution in [0, 0.1) is 0 Å². The third-order valence-electron chi connectivity index (χ3n) is 3.53. The van der Waals surface area contributed by atoms with Crippen molar-refractivity contribution in [2.45, 2.75) is 57.2 Å². The Morgan fingerprint density at radius 2 is 1.83 bits per heavy atom. The second-order valence-corrected chi connectivity index (χ2v) is 4.30. The van der Waals surface area contributed by atoms with Gasteiger partial charge in [-0.15, -0.1) is 0 Å². The number of nitrogens with two attached hydrogens (primary N) is 1. The summed E-state index contributed by atoms with van der Waals surface area (Å²) in [6, 6.07) is 2.12. The number of fused-ring (bicyclic) bond motifs is 2. The first-order chi connectivity index (χ1) is 5.81. The highest BCUT2D eigenvalue weighted by atomic mass is 15.2. The summed E-state index contributed by atoms with van der Waals surface area (Å²) in [5, 5.41) is 0. The van der Waals surface area contributed by atoms with Crippen molar-refractivity contribution in [3.63, 3.8) is 0 Å². The number of hydrogen-bond donors (Lipinski definition) is 1. The summed E-state index contributed by atoms with van der Waals surface area (Å²) in [6.07, 6.45) is 6.68. The summed E-state index contributed by atoms with van der Waals surface area (Å²) in [6.45, 7) is 3.50.